The Morgan fingerprint density at radius 3 is 2.36 bits per heavy atom. The third-order valence-corrected chi connectivity index (χ3v) is 8.64. The van der Waals surface area contributed by atoms with Gasteiger partial charge < -0.3 is 20.7 Å². The van der Waals surface area contributed by atoms with E-state index in [9.17, 15) is 14.4 Å². The molecule has 0 atom stereocenters. The van der Waals surface area contributed by atoms with Gasteiger partial charge in [0, 0.05) is 32.0 Å². The third-order valence-electron chi connectivity index (χ3n) is 6.05. The number of hydrogen-bond acceptors (Lipinski definition) is 8. The highest BCUT2D eigenvalue weighted by Gasteiger charge is 2.16. The number of carbonyl (C=O) groups is 3. The lowest BCUT2D eigenvalue weighted by Crippen LogP contribution is -2.30. The first-order valence-corrected chi connectivity index (χ1v) is 16.4. The zero-order valence-corrected chi connectivity index (χ0v) is 26.1. The summed E-state index contributed by atoms with van der Waals surface area (Å²) in [6.45, 7) is 2.55. The van der Waals surface area contributed by atoms with E-state index >= 15 is 0 Å². The number of thiophene rings is 1. The summed E-state index contributed by atoms with van der Waals surface area (Å²) >= 11 is 4.20. The van der Waals surface area contributed by atoms with Gasteiger partial charge in [0.1, 0.15) is 11.4 Å². The van der Waals surface area contributed by atoms with Crippen molar-refractivity contribution in [1.82, 2.24) is 10.3 Å². The second-order valence-electron chi connectivity index (χ2n) is 9.20. The third kappa shape index (κ3) is 8.66. The van der Waals surface area contributed by atoms with Crippen LogP contribution in [0.4, 0.5) is 10.8 Å². The van der Waals surface area contributed by atoms with Crippen molar-refractivity contribution in [3.05, 3.63) is 118 Å². The van der Waals surface area contributed by atoms with Crippen molar-refractivity contribution < 1.29 is 19.1 Å². The largest absolute Gasteiger partial charge is 0.494 e. The van der Waals surface area contributed by atoms with Crippen LogP contribution in [0.2, 0.25) is 0 Å². The van der Waals surface area contributed by atoms with Gasteiger partial charge in [0.25, 0.3) is 11.8 Å². The van der Waals surface area contributed by atoms with Crippen LogP contribution in [0.1, 0.15) is 22.2 Å². The van der Waals surface area contributed by atoms with Gasteiger partial charge in [-0.1, -0.05) is 24.3 Å². The summed E-state index contributed by atoms with van der Waals surface area (Å²) < 4.78 is 5.48. The molecule has 0 aliphatic heterocycles. The number of ether oxygens (including phenoxy) is 1. The van der Waals surface area contributed by atoms with Crippen LogP contribution in [0, 0.1) is 0 Å². The summed E-state index contributed by atoms with van der Waals surface area (Å²) in [6.07, 6.45) is 1.65. The molecule has 11 heteroatoms. The summed E-state index contributed by atoms with van der Waals surface area (Å²) in [4.78, 5) is 44.7. The molecule has 0 aliphatic carbocycles. The van der Waals surface area contributed by atoms with E-state index in [0.29, 0.717) is 23.0 Å². The number of nitrogens with zero attached hydrogens (tertiary/aromatic N) is 1. The monoisotopic (exact) mass is 640 g/mol. The summed E-state index contributed by atoms with van der Waals surface area (Å²) in [5.41, 5.74) is 2.86. The predicted molar refractivity (Wildman–Crippen MR) is 179 cm³/mol. The first kappa shape index (κ1) is 30.7. The Balaban J connectivity index is 1.14. The van der Waals surface area contributed by atoms with Gasteiger partial charge in [-0.2, -0.15) is 0 Å². The van der Waals surface area contributed by atoms with Crippen molar-refractivity contribution in [3.63, 3.8) is 0 Å². The van der Waals surface area contributed by atoms with E-state index in [1.807, 2.05) is 72.3 Å². The van der Waals surface area contributed by atoms with Crippen LogP contribution >= 0.6 is 34.4 Å². The van der Waals surface area contributed by atoms with Gasteiger partial charge in [-0.25, -0.2) is 4.98 Å². The molecule has 2 heterocycles. The molecule has 0 saturated heterocycles. The molecule has 3 aromatic carbocycles. The smallest absolute Gasteiger partial charge is 0.272 e. The molecule has 3 amide bonds. The Labute approximate surface area is 267 Å². The predicted octanol–water partition coefficient (Wildman–Crippen LogP) is 7.41. The fraction of sp³-hybridized carbons (Fsp3) is 0.0909. The Bertz CT molecular complexity index is 1730. The first-order chi connectivity index (χ1) is 21.5. The zero-order chi connectivity index (χ0) is 30.7. The molecule has 3 N–H and O–H groups in total. The molecule has 2 aromatic heterocycles. The highest BCUT2D eigenvalue weighted by Crippen LogP contribution is 2.27. The molecule has 0 unspecified atom stereocenters. The fourth-order valence-corrected chi connectivity index (χ4v) is 6.04. The molecule has 44 heavy (non-hydrogen) atoms. The van der Waals surface area contributed by atoms with Gasteiger partial charge in [0.2, 0.25) is 5.91 Å². The van der Waals surface area contributed by atoms with Crippen molar-refractivity contribution in [1.29, 1.82) is 0 Å². The standard InChI is InChI=1S/C33H28N4O4S3/c1-2-41-25-14-10-22(11-15-25)29-20-44-33(36-29)37-30(38)21-43-26-16-12-24(13-17-26)34-32(40)28(19-27-9-6-18-42-27)35-31(39)23-7-4-3-5-8-23/h3-20H,2,21H2,1H3,(H,34,40)(H,35,39)(H,36,37,38)/b28-19-. The van der Waals surface area contributed by atoms with E-state index in [2.05, 4.69) is 20.9 Å². The van der Waals surface area contributed by atoms with E-state index in [1.165, 1.54) is 34.4 Å². The van der Waals surface area contributed by atoms with E-state index < -0.39 is 5.91 Å². The van der Waals surface area contributed by atoms with Gasteiger partial charge in [-0.15, -0.1) is 34.4 Å². The fourth-order valence-electron chi connectivity index (χ4n) is 3.95. The van der Waals surface area contributed by atoms with Crippen molar-refractivity contribution >= 4 is 69.1 Å². The highest BCUT2D eigenvalue weighted by molar-refractivity contribution is 8.00. The summed E-state index contributed by atoms with van der Waals surface area (Å²) in [6, 6.07) is 27.3. The lowest BCUT2D eigenvalue weighted by atomic mass is 10.2. The van der Waals surface area contributed by atoms with Crippen LogP contribution in [-0.2, 0) is 9.59 Å². The lowest BCUT2D eigenvalue weighted by Gasteiger charge is -2.11. The molecule has 5 rings (SSSR count). The van der Waals surface area contributed by atoms with Crippen LogP contribution in [0.3, 0.4) is 0 Å². The highest BCUT2D eigenvalue weighted by atomic mass is 32.2. The molecule has 0 spiro atoms. The number of benzene rings is 3. The number of carbonyl (C=O) groups excluding carboxylic acids is 3. The Morgan fingerprint density at radius 2 is 1.66 bits per heavy atom. The topological polar surface area (TPSA) is 109 Å². The molecule has 5 aromatic rings. The Morgan fingerprint density at radius 1 is 0.886 bits per heavy atom. The minimum Gasteiger partial charge on any atom is -0.494 e. The summed E-state index contributed by atoms with van der Waals surface area (Å²) in [7, 11) is 0. The van der Waals surface area contributed by atoms with Gasteiger partial charge in [0.15, 0.2) is 5.13 Å². The van der Waals surface area contributed by atoms with Crippen LogP contribution in [0.15, 0.2) is 112 Å². The van der Waals surface area contributed by atoms with Gasteiger partial charge >= 0.3 is 0 Å². The maximum absolute atomic E-state index is 13.2. The quantitative estimate of drug-likeness (QED) is 0.0968. The van der Waals surface area contributed by atoms with Crippen molar-refractivity contribution in [2.75, 3.05) is 23.0 Å². The molecule has 0 radical (unpaired) electrons. The number of amides is 3. The van der Waals surface area contributed by atoms with Crippen molar-refractivity contribution in [2.24, 2.45) is 0 Å². The van der Waals surface area contributed by atoms with Crippen LogP contribution in [0.25, 0.3) is 17.3 Å². The number of aromatic nitrogens is 1. The SMILES string of the molecule is CCOc1ccc(-c2csc(NC(=O)CSc3ccc(NC(=O)/C(=C/c4cccs4)NC(=O)c4ccccc4)cc3)n2)cc1. The minimum atomic E-state index is -0.449. The number of anilines is 2. The second-order valence-corrected chi connectivity index (χ2v) is 12.1. The average molecular weight is 641 g/mol. The van der Waals surface area contributed by atoms with Gasteiger partial charge in [-0.3, -0.25) is 14.4 Å². The number of thioether (sulfide) groups is 1. The molecule has 0 bridgehead atoms. The second kappa shape index (κ2) is 15.1. The molecular weight excluding hydrogens is 613 g/mol. The minimum absolute atomic E-state index is 0.129. The van der Waals surface area contributed by atoms with Crippen LogP contribution in [0.5, 0.6) is 5.75 Å². The lowest BCUT2D eigenvalue weighted by molar-refractivity contribution is -0.114. The summed E-state index contributed by atoms with van der Waals surface area (Å²) in [5, 5.41) is 12.8. The molecule has 0 fully saturated rings. The maximum Gasteiger partial charge on any atom is 0.272 e. The van der Waals surface area contributed by atoms with Crippen LogP contribution < -0.4 is 20.7 Å². The molecular formula is C33H28N4O4S3. The molecule has 222 valence electrons. The number of hydrogen-bond donors (Lipinski definition) is 3. The molecule has 0 aliphatic rings. The summed E-state index contributed by atoms with van der Waals surface area (Å²) in [5.74, 6) is 0.00494. The number of rotatable bonds is 12. The van der Waals surface area contributed by atoms with E-state index in [1.54, 1.807) is 42.5 Å². The van der Waals surface area contributed by atoms with Crippen LogP contribution in [-0.4, -0.2) is 35.1 Å². The van der Waals surface area contributed by atoms with Crippen molar-refractivity contribution in [3.8, 4) is 17.0 Å². The number of thiazole rings is 1. The molecule has 0 saturated carbocycles. The van der Waals surface area contributed by atoms with E-state index in [-0.39, 0.29) is 23.3 Å². The van der Waals surface area contributed by atoms with Gasteiger partial charge in [0.05, 0.1) is 18.1 Å². The average Bonchev–Trinajstić information content (AvgIpc) is 3.74. The zero-order valence-electron chi connectivity index (χ0n) is 23.6. The Kier molecular flexibility index (Phi) is 10.6. The maximum atomic E-state index is 13.2. The number of nitrogens with one attached hydrogen (secondary N) is 3. The molecule has 8 nitrogen and oxygen atoms in total. The van der Waals surface area contributed by atoms with E-state index in [4.69, 9.17) is 4.74 Å². The van der Waals surface area contributed by atoms with E-state index in [0.717, 1.165) is 26.8 Å². The first-order valence-electron chi connectivity index (χ1n) is 13.6. The Hall–Kier alpha value is -4.71. The van der Waals surface area contributed by atoms with Gasteiger partial charge in [-0.05, 0) is 85.1 Å². The van der Waals surface area contributed by atoms with Crippen molar-refractivity contribution in [2.45, 2.75) is 11.8 Å². The normalized spacial score (nSPS) is 11.1.